The highest BCUT2D eigenvalue weighted by Crippen LogP contribution is 2.27. The van der Waals surface area contributed by atoms with E-state index in [9.17, 15) is 19.2 Å². The van der Waals surface area contributed by atoms with Crippen molar-refractivity contribution in [3.05, 3.63) is 65.2 Å². The van der Waals surface area contributed by atoms with E-state index in [0.717, 1.165) is 11.3 Å². The van der Waals surface area contributed by atoms with Gasteiger partial charge in [-0.05, 0) is 42.8 Å². The first kappa shape index (κ1) is 20.3. The Morgan fingerprint density at radius 3 is 2.10 bits per heavy atom. The molecule has 150 valence electrons. The van der Waals surface area contributed by atoms with Gasteiger partial charge in [-0.1, -0.05) is 31.9 Å². The highest BCUT2D eigenvalue weighted by Gasteiger charge is 2.42. The van der Waals surface area contributed by atoms with Gasteiger partial charge in [0.2, 0.25) is 5.91 Å². The third-order valence-corrected chi connectivity index (χ3v) is 4.84. The number of anilines is 1. The number of ether oxygens (including phenoxy) is 1. The van der Waals surface area contributed by atoms with Crippen molar-refractivity contribution in [1.29, 1.82) is 0 Å². The van der Waals surface area contributed by atoms with E-state index in [4.69, 9.17) is 0 Å². The fourth-order valence-electron chi connectivity index (χ4n) is 3.30. The van der Waals surface area contributed by atoms with Crippen LogP contribution in [0.3, 0.4) is 0 Å². The van der Waals surface area contributed by atoms with Crippen LogP contribution in [0, 0.1) is 0 Å². The molecule has 0 fully saturated rings. The average Bonchev–Trinajstić information content (AvgIpc) is 2.99. The number of amides is 3. The van der Waals surface area contributed by atoms with Gasteiger partial charge in [0.25, 0.3) is 11.8 Å². The van der Waals surface area contributed by atoms with Crippen molar-refractivity contribution in [3.8, 4) is 0 Å². The van der Waals surface area contributed by atoms with Crippen molar-refractivity contribution in [1.82, 2.24) is 4.90 Å². The van der Waals surface area contributed by atoms with Crippen LogP contribution in [-0.4, -0.2) is 41.7 Å². The largest absolute Gasteiger partial charge is 0.465 e. The summed E-state index contributed by atoms with van der Waals surface area (Å²) in [5, 5.41) is 2.74. The fraction of sp³-hybridized carbons (Fsp3) is 0.273. The molecule has 1 heterocycles. The number of hydrogen-bond donors (Lipinski definition) is 1. The van der Waals surface area contributed by atoms with E-state index in [0.29, 0.717) is 35.2 Å². The number of fused-ring (bicyclic) bond motifs is 1. The van der Waals surface area contributed by atoms with Crippen molar-refractivity contribution < 1.29 is 23.9 Å². The Hall–Kier alpha value is -3.48. The summed E-state index contributed by atoms with van der Waals surface area (Å²) >= 11 is 0. The quantitative estimate of drug-likeness (QED) is 0.575. The number of nitrogens with zero attached hydrogens (tertiary/aromatic N) is 1. The number of nitrogens with one attached hydrogen (secondary N) is 1. The summed E-state index contributed by atoms with van der Waals surface area (Å²) in [6, 6.07) is 11.9. The lowest BCUT2D eigenvalue weighted by molar-refractivity contribution is -0.120. The number of unbranched alkanes of at least 4 members (excludes halogenated alkanes) is 1. The molecule has 0 unspecified atom stereocenters. The molecule has 1 aliphatic rings. The van der Waals surface area contributed by atoms with Crippen LogP contribution < -0.4 is 5.32 Å². The van der Waals surface area contributed by atoms with Crippen LogP contribution in [0.4, 0.5) is 5.69 Å². The molecule has 0 saturated heterocycles. The first-order valence-electron chi connectivity index (χ1n) is 9.44. The number of methoxy groups -OCH3 is 1. The zero-order chi connectivity index (χ0) is 21.0. The van der Waals surface area contributed by atoms with E-state index < -0.39 is 29.7 Å². The molecule has 0 aromatic heterocycles. The minimum Gasteiger partial charge on any atom is -0.465 e. The van der Waals surface area contributed by atoms with E-state index in [2.05, 4.69) is 10.1 Å². The highest BCUT2D eigenvalue weighted by atomic mass is 16.5. The zero-order valence-corrected chi connectivity index (χ0v) is 16.3. The number of esters is 1. The zero-order valence-electron chi connectivity index (χ0n) is 16.3. The maximum atomic E-state index is 13.0. The highest BCUT2D eigenvalue weighted by molar-refractivity contribution is 6.23. The topological polar surface area (TPSA) is 92.8 Å². The molecule has 0 radical (unpaired) electrons. The Balaban J connectivity index is 1.82. The van der Waals surface area contributed by atoms with Crippen LogP contribution in [0.5, 0.6) is 0 Å². The molecule has 7 heteroatoms. The Morgan fingerprint density at radius 2 is 1.59 bits per heavy atom. The van der Waals surface area contributed by atoms with Gasteiger partial charge in [-0.15, -0.1) is 0 Å². The van der Waals surface area contributed by atoms with Crippen LogP contribution in [0.1, 0.15) is 57.3 Å². The van der Waals surface area contributed by atoms with Gasteiger partial charge in [0.15, 0.2) is 0 Å². The predicted octanol–water partition coefficient (Wildman–Crippen LogP) is 3.27. The molecule has 3 amide bonds. The molecule has 1 atom stereocenters. The third kappa shape index (κ3) is 4.03. The van der Waals surface area contributed by atoms with Crippen LogP contribution in [0.25, 0.3) is 0 Å². The van der Waals surface area contributed by atoms with Gasteiger partial charge in [0.1, 0.15) is 6.04 Å². The van der Waals surface area contributed by atoms with Gasteiger partial charge in [0, 0.05) is 5.69 Å². The number of carbonyl (C=O) groups is 4. The molecule has 7 nitrogen and oxygen atoms in total. The maximum Gasteiger partial charge on any atom is 0.337 e. The third-order valence-electron chi connectivity index (χ3n) is 4.84. The van der Waals surface area contributed by atoms with Crippen molar-refractivity contribution >= 4 is 29.4 Å². The fourth-order valence-corrected chi connectivity index (χ4v) is 3.30. The van der Waals surface area contributed by atoms with E-state index in [1.54, 1.807) is 36.4 Å². The molecule has 2 aromatic rings. The van der Waals surface area contributed by atoms with Crippen LogP contribution >= 0.6 is 0 Å². The van der Waals surface area contributed by atoms with Crippen LogP contribution in [0.2, 0.25) is 0 Å². The SMILES string of the molecule is CCCC[C@@H](C(=O)Nc1ccc(C(=O)OC)cc1)N1C(=O)c2ccccc2C1=O. The van der Waals surface area contributed by atoms with Crippen LogP contribution in [-0.2, 0) is 9.53 Å². The summed E-state index contributed by atoms with van der Waals surface area (Å²) in [6.45, 7) is 1.98. The maximum absolute atomic E-state index is 13.0. The smallest absolute Gasteiger partial charge is 0.337 e. The van der Waals surface area contributed by atoms with Gasteiger partial charge in [-0.25, -0.2) is 4.79 Å². The number of benzene rings is 2. The average molecular weight is 394 g/mol. The van der Waals surface area contributed by atoms with E-state index in [1.807, 2.05) is 6.92 Å². The summed E-state index contributed by atoms with van der Waals surface area (Å²) in [7, 11) is 1.29. The molecule has 0 bridgehead atoms. The number of carbonyl (C=O) groups excluding carboxylic acids is 4. The van der Waals surface area contributed by atoms with Crippen molar-refractivity contribution in [2.75, 3.05) is 12.4 Å². The molecule has 3 rings (SSSR count). The van der Waals surface area contributed by atoms with Crippen molar-refractivity contribution in [2.24, 2.45) is 0 Å². The summed E-state index contributed by atoms with van der Waals surface area (Å²) in [5.41, 5.74) is 1.44. The van der Waals surface area contributed by atoms with Crippen molar-refractivity contribution in [3.63, 3.8) is 0 Å². The monoisotopic (exact) mass is 394 g/mol. The van der Waals surface area contributed by atoms with E-state index >= 15 is 0 Å². The minimum absolute atomic E-state index is 0.314. The molecular weight excluding hydrogens is 372 g/mol. The second-order valence-corrected chi connectivity index (χ2v) is 6.74. The standard InChI is InChI=1S/C22H22N2O5/c1-3-4-9-18(24-20(26)16-7-5-6-8-17(16)21(24)27)19(25)23-15-12-10-14(11-13-15)22(28)29-2/h5-8,10-13,18H,3-4,9H2,1-2H3,(H,23,25)/t18-/m0/s1. The lowest BCUT2D eigenvalue weighted by atomic mass is 10.1. The molecule has 2 aromatic carbocycles. The molecule has 0 aliphatic carbocycles. The second-order valence-electron chi connectivity index (χ2n) is 6.74. The molecule has 0 spiro atoms. The Morgan fingerprint density at radius 1 is 1.00 bits per heavy atom. The molecular formula is C22H22N2O5. The predicted molar refractivity (Wildman–Crippen MR) is 107 cm³/mol. The lowest BCUT2D eigenvalue weighted by Gasteiger charge is -2.25. The summed E-state index contributed by atoms with van der Waals surface area (Å²) in [5.74, 6) is -1.83. The molecule has 29 heavy (non-hydrogen) atoms. The van der Waals surface area contributed by atoms with Crippen LogP contribution in [0.15, 0.2) is 48.5 Å². The minimum atomic E-state index is -0.914. The van der Waals surface area contributed by atoms with E-state index in [-0.39, 0.29) is 0 Å². The van der Waals surface area contributed by atoms with Gasteiger partial charge in [-0.2, -0.15) is 0 Å². The number of rotatable bonds is 7. The van der Waals surface area contributed by atoms with Gasteiger partial charge in [-0.3, -0.25) is 19.3 Å². The summed E-state index contributed by atoms with van der Waals surface area (Å²) in [6.07, 6.45) is 1.88. The molecule has 1 aliphatic heterocycles. The Labute approximate surface area is 168 Å². The number of imide groups is 1. The molecule has 1 N–H and O–H groups in total. The summed E-state index contributed by atoms with van der Waals surface area (Å²) in [4.78, 5) is 51.2. The number of hydrogen-bond acceptors (Lipinski definition) is 5. The summed E-state index contributed by atoms with van der Waals surface area (Å²) < 4.78 is 4.65. The lowest BCUT2D eigenvalue weighted by Crippen LogP contribution is -2.47. The normalized spacial score (nSPS) is 13.8. The van der Waals surface area contributed by atoms with Gasteiger partial charge in [0.05, 0.1) is 23.8 Å². The first-order valence-corrected chi connectivity index (χ1v) is 9.44. The van der Waals surface area contributed by atoms with Crippen molar-refractivity contribution in [2.45, 2.75) is 32.2 Å². The Kier molecular flexibility index (Phi) is 6.07. The van der Waals surface area contributed by atoms with Gasteiger partial charge >= 0.3 is 5.97 Å². The first-order chi connectivity index (χ1) is 14.0. The second kappa shape index (κ2) is 8.68. The van der Waals surface area contributed by atoms with E-state index in [1.165, 1.54) is 19.2 Å². The Bertz CT molecular complexity index is 917. The molecule has 0 saturated carbocycles. The van der Waals surface area contributed by atoms with Gasteiger partial charge < -0.3 is 10.1 Å².